The monoisotopic (exact) mass is 285 g/mol. The number of fused-ring (bicyclic) bond motifs is 1. The highest BCUT2D eigenvalue weighted by molar-refractivity contribution is 7.17. The molecule has 1 N–H and O–H groups in total. The number of benzene rings is 2. The Kier molecular flexibility index (Phi) is 3.70. The first kappa shape index (κ1) is 13.1. The molecule has 3 rings (SSSR count). The molecule has 3 heteroatoms. The summed E-state index contributed by atoms with van der Waals surface area (Å²) in [4.78, 5) is 0. The first-order valence-corrected chi connectivity index (χ1v) is 7.57. The van der Waals surface area contributed by atoms with Gasteiger partial charge in [-0.05, 0) is 66.1 Å². The highest BCUT2D eigenvalue weighted by atomic mass is 32.1. The second-order valence-corrected chi connectivity index (χ2v) is 6.00. The SMILES string of the molecule is CC(Cc1ccc(F)cc1)Nc1ccc2sccc2c1. The molecular formula is C17H16FNS. The zero-order valence-electron chi connectivity index (χ0n) is 11.3. The van der Waals surface area contributed by atoms with Gasteiger partial charge in [0.2, 0.25) is 0 Å². The Labute approximate surface area is 122 Å². The van der Waals surface area contributed by atoms with E-state index in [4.69, 9.17) is 0 Å². The standard InChI is InChI=1S/C17H16FNS/c1-12(10-13-2-4-15(18)5-3-13)19-16-6-7-17-14(11-16)8-9-20-17/h2-9,11-12,19H,10H2,1H3. The molecule has 1 aromatic heterocycles. The van der Waals surface area contributed by atoms with Crippen LogP contribution in [0, 0.1) is 5.82 Å². The van der Waals surface area contributed by atoms with E-state index in [-0.39, 0.29) is 5.82 Å². The number of hydrogen-bond donors (Lipinski definition) is 1. The van der Waals surface area contributed by atoms with E-state index in [2.05, 4.69) is 41.9 Å². The molecule has 0 amide bonds. The van der Waals surface area contributed by atoms with E-state index < -0.39 is 0 Å². The molecular weight excluding hydrogens is 269 g/mol. The Balaban J connectivity index is 1.68. The molecule has 3 aromatic rings. The van der Waals surface area contributed by atoms with Gasteiger partial charge in [0.25, 0.3) is 0 Å². The molecule has 1 atom stereocenters. The largest absolute Gasteiger partial charge is 0.382 e. The molecule has 0 radical (unpaired) electrons. The van der Waals surface area contributed by atoms with Gasteiger partial charge in [-0.1, -0.05) is 12.1 Å². The lowest BCUT2D eigenvalue weighted by molar-refractivity contribution is 0.626. The fourth-order valence-corrected chi connectivity index (χ4v) is 3.14. The summed E-state index contributed by atoms with van der Waals surface area (Å²) in [5.74, 6) is -0.183. The van der Waals surface area contributed by atoms with Gasteiger partial charge in [-0.15, -0.1) is 11.3 Å². The summed E-state index contributed by atoms with van der Waals surface area (Å²) in [6.45, 7) is 2.14. The van der Waals surface area contributed by atoms with Gasteiger partial charge in [-0.2, -0.15) is 0 Å². The first-order valence-electron chi connectivity index (χ1n) is 6.69. The van der Waals surface area contributed by atoms with Crippen LogP contribution in [0.2, 0.25) is 0 Å². The second-order valence-electron chi connectivity index (χ2n) is 5.05. The number of nitrogens with one attached hydrogen (secondary N) is 1. The van der Waals surface area contributed by atoms with Crippen LogP contribution in [0.1, 0.15) is 12.5 Å². The summed E-state index contributed by atoms with van der Waals surface area (Å²) in [6.07, 6.45) is 0.877. The lowest BCUT2D eigenvalue weighted by Crippen LogP contribution is -2.17. The number of hydrogen-bond acceptors (Lipinski definition) is 2. The summed E-state index contributed by atoms with van der Waals surface area (Å²) in [5, 5.41) is 6.88. The maximum Gasteiger partial charge on any atom is 0.123 e. The van der Waals surface area contributed by atoms with Crippen molar-refractivity contribution in [2.45, 2.75) is 19.4 Å². The number of rotatable bonds is 4. The highest BCUT2D eigenvalue weighted by Crippen LogP contribution is 2.24. The minimum Gasteiger partial charge on any atom is -0.382 e. The van der Waals surface area contributed by atoms with Crippen LogP contribution in [0.3, 0.4) is 0 Å². The lowest BCUT2D eigenvalue weighted by atomic mass is 10.1. The molecule has 20 heavy (non-hydrogen) atoms. The van der Waals surface area contributed by atoms with Gasteiger partial charge in [-0.3, -0.25) is 0 Å². The first-order chi connectivity index (χ1) is 9.70. The minimum absolute atomic E-state index is 0.183. The molecule has 102 valence electrons. The van der Waals surface area contributed by atoms with Crippen molar-refractivity contribution < 1.29 is 4.39 Å². The molecule has 1 nitrogen and oxygen atoms in total. The van der Waals surface area contributed by atoms with Crippen molar-refractivity contribution in [2.75, 3.05) is 5.32 Å². The third-order valence-electron chi connectivity index (χ3n) is 3.32. The molecule has 2 aromatic carbocycles. The fraction of sp³-hybridized carbons (Fsp3) is 0.176. The Morgan fingerprint density at radius 2 is 1.90 bits per heavy atom. The van der Waals surface area contributed by atoms with Gasteiger partial charge in [-0.25, -0.2) is 4.39 Å². The van der Waals surface area contributed by atoms with Crippen molar-refractivity contribution in [3.05, 3.63) is 65.3 Å². The van der Waals surface area contributed by atoms with Crippen LogP contribution in [0.5, 0.6) is 0 Å². The lowest BCUT2D eigenvalue weighted by Gasteiger charge is -2.15. The topological polar surface area (TPSA) is 12.0 Å². The molecule has 0 aliphatic rings. The summed E-state index contributed by atoms with van der Waals surface area (Å²) < 4.78 is 14.2. The van der Waals surface area contributed by atoms with Crippen LogP contribution in [0.25, 0.3) is 10.1 Å². The average molecular weight is 285 g/mol. The van der Waals surface area contributed by atoms with Crippen LogP contribution in [0.4, 0.5) is 10.1 Å². The summed E-state index contributed by atoms with van der Waals surface area (Å²) in [7, 11) is 0. The summed E-state index contributed by atoms with van der Waals surface area (Å²) in [5.41, 5.74) is 2.27. The van der Waals surface area contributed by atoms with E-state index in [0.717, 1.165) is 17.7 Å². The third kappa shape index (κ3) is 2.99. The normalized spacial score (nSPS) is 12.5. The van der Waals surface area contributed by atoms with Gasteiger partial charge in [0, 0.05) is 16.4 Å². The van der Waals surface area contributed by atoms with Crippen LogP contribution in [0.15, 0.2) is 53.9 Å². The molecule has 0 aliphatic heterocycles. The Morgan fingerprint density at radius 1 is 1.10 bits per heavy atom. The predicted molar refractivity (Wildman–Crippen MR) is 85.0 cm³/mol. The second kappa shape index (κ2) is 5.63. The molecule has 0 spiro atoms. The van der Waals surface area contributed by atoms with E-state index >= 15 is 0 Å². The Morgan fingerprint density at radius 3 is 2.70 bits per heavy atom. The smallest absolute Gasteiger partial charge is 0.123 e. The average Bonchev–Trinajstić information content (AvgIpc) is 2.89. The fourth-order valence-electron chi connectivity index (χ4n) is 2.37. The maximum absolute atomic E-state index is 12.9. The van der Waals surface area contributed by atoms with Crippen molar-refractivity contribution in [2.24, 2.45) is 0 Å². The maximum atomic E-state index is 12.9. The molecule has 0 fully saturated rings. The predicted octanol–water partition coefficient (Wildman–Crippen LogP) is 5.08. The highest BCUT2D eigenvalue weighted by Gasteiger charge is 2.05. The van der Waals surface area contributed by atoms with Gasteiger partial charge in [0.05, 0.1) is 0 Å². The third-order valence-corrected chi connectivity index (χ3v) is 4.22. The molecule has 0 saturated carbocycles. The van der Waals surface area contributed by atoms with Crippen molar-refractivity contribution in [1.29, 1.82) is 0 Å². The van der Waals surface area contributed by atoms with E-state index in [9.17, 15) is 4.39 Å². The molecule has 0 saturated heterocycles. The van der Waals surface area contributed by atoms with Crippen molar-refractivity contribution in [3.63, 3.8) is 0 Å². The van der Waals surface area contributed by atoms with Crippen LogP contribution in [-0.2, 0) is 6.42 Å². The molecule has 1 unspecified atom stereocenters. The van der Waals surface area contributed by atoms with Gasteiger partial charge in [0.1, 0.15) is 5.82 Å². The van der Waals surface area contributed by atoms with Crippen molar-refractivity contribution in [3.8, 4) is 0 Å². The van der Waals surface area contributed by atoms with Gasteiger partial charge >= 0.3 is 0 Å². The van der Waals surface area contributed by atoms with Crippen LogP contribution < -0.4 is 5.32 Å². The van der Waals surface area contributed by atoms with Crippen molar-refractivity contribution >= 4 is 27.1 Å². The number of anilines is 1. The van der Waals surface area contributed by atoms with Crippen LogP contribution >= 0.6 is 11.3 Å². The minimum atomic E-state index is -0.183. The summed E-state index contributed by atoms with van der Waals surface area (Å²) >= 11 is 1.76. The quantitative estimate of drug-likeness (QED) is 0.704. The van der Waals surface area contributed by atoms with Gasteiger partial charge < -0.3 is 5.32 Å². The zero-order chi connectivity index (χ0) is 13.9. The number of thiophene rings is 1. The molecule has 0 bridgehead atoms. The van der Waals surface area contributed by atoms with Gasteiger partial charge in [0.15, 0.2) is 0 Å². The van der Waals surface area contributed by atoms with E-state index in [1.807, 2.05) is 12.1 Å². The zero-order valence-corrected chi connectivity index (χ0v) is 12.1. The number of halogens is 1. The van der Waals surface area contributed by atoms with Crippen LogP contribution in [-0.4, -0.2) is 6.04 Å². The summed E-state index contributed by atoms with van der Waals surface area (Å²) in [6, 6.07) is 15.6. The Hall–Kier alpha value is -1.87. The van der Waals surface area contributed by atoms with E-state index in [1.165, 1.54) is 22.2 Å². The van der Waals surface area contributed by atoms with E-state index in [1.54, 1.807) is 11.3 Å². The van der Waals surface area contributed by atoms with E-state index in [0.29, 0.717) is 6.04 Å². The van der Waals surface area contributed by atoms with Crippen molar-refractivity contribution in [1.82, 2.24) is 0 Å². The Bertz CT molecular complexity index is 702. The molecule has 1 heterocycles. The molecule has 0 aliphatic carbocycles.